The van der Waals surface area contributed by atoms with Gasteiger partial charge in [-0.3, -0.25) is 0 Å². The van der Waals surface area contributed by atoms with Crippen molar-refractivity contribution in [1.82, 2.24) is 10.1 Å². The minimum Gasteiger partial charge on any atom is -0.373 e. The lowest BCUT2D eigenvalue weighted by Gasteiger charge is -2.42. The summed E-state index contributed by atoms with van der Waals surface area (Å²) < 4.78 is 11.3. The second kappa shape index (κ2) is 4.82. The van der Waals surface area contributed by atoms with Crippen LogP contribution in [0.25, 0.3) is 0 Å². The zero-order valence-electron chi connectivity index (χ0n) is 11.4. The van der Waals surface area contributed by atoms with Crippen molar-refractivity contribution < 1.29 is 14.4 Å². The van der Waals surface area contributed by atoms with Crippen LogP contribution in [0.1, 0.15) is 27.7 Å². The summed E-state index contributed by atoms with van der Waals surface area (Å²) in [5, 5.41) is 3.98. The van der Waals surface area contributed by atoms with Gasteiger partial charge in [-0.1, -0.05) is 0 Å². The number of hydroxylamine groups is 4. The third-order valence-electron chi connectivity index (χ3n) is 3.01. The molecule has 0 spiro atoms. The molecule has 2 heterocycles. The van der Waals surface area contributed by atoms with E-state index in [4.69, 9.17) is 14.4 Å². The van der Waals surface area contributed by atoms with E-state index in [-0.39, 0.29) is 11.2 Å². The predicted octanol–water partition coefficient (Wildman–Crippen LogP) is 1.05. The Labute approximate surface area is 104 Å². The van der Waals surface area contributed by atoms with Gasteiger partial charge in [-0.05, 0) is 27.7 Å². The van der Waals surface area contributed by atoms with E-state index in [0.717, 1.165) is 39.4 Å². The Bertz CT molecular complexity index is 242. The molecule has 0 amide bonds. The monoisotopic (exact) mass is 244 g/mol. The van der Waals surface area contributed by atoms with Gasteiger partial charge in [0.05, 0.1) is 37.5 Å². The van der Waals surface area contributed by atoms with Crippen molar-refractivity contribution in [3.05, 3.63) is 0 Å². The van der Waals surface area contributed by atoms with Gasteiger partial charge in [0.25, 0.3) is 0 Å². The van der Waals surface area contributed by atoms with E-state index in [0.29, 0.717) is 0 Å². The van der Waals surface area contributed by atoms with E-state index < -0.39 is 0 Å². The molecule has 0 atom stereocenters. The Morgan fingerprint density at radius 1 is 0.824 bits per heavy atom. The number of morpholine rings is 2. The third kappa shape index (κ3) is 3.89. The Hall–Kier alpha value is -0.200. The lowest BCUT2D eigenvalue weighted by atomic mass is 10.1. The minimum atomic E-state index is -0.125. The van der Waals surface area contributed by atoms with Crippen LogP contribution < -0.4 is 0 Å². The average Bonchev–Trinajstić information content (AvgIpc) is 2.13. The second-order valence-electron chi connectivity index (χ2n) is 6.03. The van der Waals surface area contributed by atoms with E-state index >= 15 is 0 Å². The molecule has 2 rings (SSSR count). The van der Waals surface area contributed by atoms with Crippen molar-refractivity contribution >= 4 is 0 Å². The van der Waals surface area contributed by atoms with Crippen LogP contribution >= 0.6 is 0 Å². The molecular formula is C12H24N2O3. The maximum absolute atomic E-state index is 5.91. The first-order valence-corrected chi connectivity index (χ1v) is 6.32. The van der Waals surface area contributed by atoms with Crippen LogP contribution in [0.3, 0.4) is 0 Å². The van der Waals surface area contributed by atoms with E-state index in [1.54, 1.807) is 0 Å². The summed E-state index contributed by atoms with van der Waals surface area (Å²) in [7, 11) is 0. The van der Waals surface area contributed by atoms with Gasteiger partial charge in [0, 0.05) is 13.1 Å². The van der Waals surface area contributed by atoms with E-state index in [9.17, 15) is 0 Å². The molecule has 17 heavy (non-hydrogen) atoms. The summed E-state index contributed by atoms with van der Waals surface area (Å²) in [5.74, 6) is 0. The lowest BCUT2D eigenvalue weighted by molar-refractivity contribution is -0.372. The van der Waals surface area contributed by atoms with Gasteiger partial charge in [0.2, 0.25) is 0 Å². The third-order valence-corrected chi connectivity index (χ3v) is 3.01. The molecule has 0 unspecified atom stereocenters. The van der Waals surface area contributed by atoms with Crippen molar-refractivity contribution in [3.8, 4) is 0 Å². The second-order valence-corrected chi connectivity index (χ2v) is 6.03. The highest BCUT2D eigenvalue weighted by atomic mass is 16.8. The molecular weight excluding hydrogens is 220 g/mol. The molecule has 5 nitrogen and oxygen atoms in total. The molecule has 0 saturated carbocycles. The largest absolute Gasteiger partial charge is 0.373 e. The highest BCUT2D eigenvalue weighted by Crippen LogP contribution is 2.20. The maximum atomic E-state index is 5.91. The van der Waals surface area contributed by atoms with Crippen molar-refractivity contribution in [3.63, 3.8) is 0 Å². The molecule has 0 N–H and O–H groups in total. The first kappa shape index (κ1) is 13.2. The standard InChI is InChI=1S/C12H24N2O3/c1-11(2)9-13(5-7-15-11)17-14-6-8-16-12(3,4)10-14/h5-10H2,1-4H3. The summed E-state index contributed by atoms with van der Waals surface area (Å²) in [5.41, 5.74) is -0.250. The maximum Gasteiger partial charge on any atom is 0.0777 e. The van der Waals surface area contributed by atoms with Gasteiger partial charge in [0.1, 0.15) is 0 Å². The zero-order chi connectivity index (χ0) is 12.5. The number of hydrogen-bond donors (Lipinski definition) is 0. The topological polar surface area (TPSA) is 34.2 Å². The van der Waals surface area contributed by atoms with E-state index in [1.165, 1.54) is 0 Å². The summed E-state index contributed by atoms with van der Waals surface area (Å²) >= 11 is 0. The molecule has 2 fully saturated rings. The van der Waals surface area contributed by atoms with Crippen LogP contribution in [0.2, 0.25) is 0 Å². The Kier molecular flexibility index (Phi) is 3.75. The van der Waals surface area contributed by atoms with Crippen molar-refractivity contribution in [2.45, 2.75) is 38.9 Å². The predicted molar refractivity (Wildman–Crippen MR) is 64.3 cm³/mol. The average molecular weight is 244 g/mol. The van der Waals surface area contributed by atoms with Gasteiger partial charge >= 0.3 is 0 Å². The van der Waals surface area contributed by atoms with Gasteiger partial charge in [-0.25, -0.2) is 4.94 Å². The van der Waals surface area contributed by atoms with Crippen molar-refractivity contribution in [1.29, 1.82) is 0 Å². The molecule has 0 aromatic rings. The van der Waals surface area contributed by atoms with Gasteiger partial charge in [-0.15, -0.1) is 0 Å². The smallest absolute Gasteiger partial charge is 0.0777 e. The number of rotatable bonds is 2. The molecule has 0 aromatic carbocycles. The minimum absolute atomic E-state index is 0.125. The van der Waals surface area contributed by atoms with Gasteiger partial charge in [0.15, 0.2) is 0 Å². The molecule has 0 radical (unpaired) electrons. The molecule has 100 valence electrons. The van der Waals surface area contributed by atoms with Crippen molar-refractivity contribution in [2.75, 3.05) is 39.4 Å². The van der Waals surface area contributed by atoms with E-state index in [1.807, 2.05) is 10.1 Å². The Balaban J connectivity index is 1.84. The summed E-state index contributed by atoms with van der Waals surface area (Å²) in [6, 6.07) is 0. The fourth-order valence-electron chi connectivity index (χ4n) is 2.25. The van der Waals surface area contributed by atoms with Crippen LogP contribution in [-0.4, -0.2) is 60.7 Å². The highest BCUT2D eigenvalue weighted by molar-refractivity contribution is 4.77. The van der Waals surface area contributed by atoms with Crippen LogP contribution in [0.5, 0.6) is 0 Å². The fraction of sp³-hybridized carbons (Fsp3) is 1.00. The van der Waals surface area contributed by atoms with Gasteiger partial charge < -0.3 is 9.47 Å². The van der Waals surface area contributed by atoms with E-state index in [2.05, 4.69) is 27.7 Å². The first-order valence-electron chi connectivity index (χ1n) is 6.32. The summed E-state index contributed by atoms with van der Waals surface area (Å²) in [6.45, 7) is 13.0. The summed E-state index contributed by atoms with van der Waals surface area (Å²) in [6.07, 6.45) is 0. The van der Waals surface area contributed by atoms with Crippen LogP contribution in [0.4, 0.5) is 0 Å². The molecule has 5 heteroatoms. The first-order chi connectivity index (χ1) is 7.86. The Morgan fingerprint density at radius 2 is 1.24 bits per heavy atom. The molecule has 2 aliphatic heterocycles. The molecule has 2 aliphatic rings. The number of ether oxygens (including phenoxy) is 2. The molecule has 0 aliphatic carbocycles. The molecule has 2 saturated heterocycles. The molecule has 0 bridgehead atoms. The SMILES string of the molecule is CC1(C)CN(ON2CCOC(C)(C)C2)CCO1. The van der Waals surface area contributed by atoms with Crippen LogP contribution in [0.15, 0.2) is 0 Å². The zero-order valence-corrected chi connectivity index (χ0v) is 11.4. The quantitative estimate of drug-likeness (QED) is 0.725. The number of hydrogen-bond acceptors (Lipinski definition) is 5. The van der Waals surface area contributed by atoms with Gasteiger partial charge in [-0.2, -0.15) is 10.1 Å². The highest BCUT2D eigenvalue weighted by Gasteiger charge is 2.32. The fourth-order valence-corrected chi connectivity index (χ4v) is 2.25. The molecule has 0 aromatic heterocycles. The van der Waals surface area contributed by atoms with Crippen LogP contribution in [0, 0.1) is 0 Å². The van der Waals surface area contributed by atoms with Crippen molar-refractivity contribution in [2.24, 2.45) is 0 Å². The Morgan fingerprint density at radius 3 is 1.59 bits per heavy atom. The summed E-state index contributed by atoms with van der Waals surface area (Å²) in [4.78, 5) is 5.91. The normalized spacial score (nSPS) is 30.4. The number of nitrogens with zero attached hydrogens (tertiary/aromatic N) is 2. The van der Waals surface area contributed by atoms with Crippen LogP contribution in [-0.2, 0) is 14.4 Å². The lowest BCUT2D eigenvalue weighted by Crippen LogP contribution is -2.54.